The van der Waals surface area contributed by atoms with Crippen molar-refractivity contribution in [2.45, 2.75) is 19.6 Å². The summed E-state index contributed by atoms with van der Waals surface area (Å²) in [5.41, 5.74) is 0. The minimum Gasteiger partial charge on any atom is -0.497 e. The molecule has 0 bridgehead atoms. The highest BCUT2D eigenvalue weighted by molar-refractivity contribution is 8.33. The molecule has 0 spiro atoms. The number of rotatable bonds is 9. The Morgan fingerprint density at radius 3 is 1.11 bits per heavy atom. The molecule has 0 radical (unpaired) electrons. The first-order chi connectivity index (χ1) is 16.9. The van der Waals surface area contributed by atoms with E-state index in [-0.39, 0.29) is 4.90 Å². The minimum absolute atomic E-state index is 0.0763. The average Bonchev–Trinajstić information content (AvgIpc) is 2.92. The van der Waals surface area contributed by atoms with Crippen molar-refractivity contribution in [2.75, 3.05) is 21.3 Å². The molecule has 4 rings (SSSR count). The number of ether oxygens (including phenoxy) is 3. The van der Waals surface area contributed by atoms with E-state index in [0.717, 1.165) is 0 Å². The van der Waals surface area contributed by atoms with E-state index in [2.05, 4.69) is 0 Å². The van der Waals surface area contributed by atoms with E-state index < -0.39 is 20.4 Å². The first-order valence-electron chi connectivity index (χ1n) is 10.7. The Hall–Kier alpha value is -3.46. The van der Waals surface area contributed by atoms with Gasteiger partial charge in [0.15, 0.2) is 0 Å². The quantitative estimate of drug-likeness (QED) is 0.263. The van der Waals surface area contributed by atoms with Gasteiger partial charge in [-0.25, -0.2) is 3.63 Å². The molecule has 6 nitrogen and oxygen atoms in total. The van der Waals surface area contributed by atoms with E-state index >= 15 is 0 Å². The molecule has 0 aliphatic rings. The van der Waals surface area contributed by atoms with Gasteiger partial charge in [-0.2, -0.15) is 8.42 Å². The topological polar surface area (TPSA) is 71.1 Å². The van der Waals surface area contributed by atoms with Crippen LogP contribution in [-0.4, -0.2) is 29.7 Å². The Balaban J connectivity index is 2.01. The number of methoxy groups -OCH3 is 3. The molecule has 0 aromatic heterocycles. The first-order valence-corrected chi connectivity index (χ1v) is 13.7. The summed E-state index contributed by atoms with van der Waals surface area (Å²) in [6.45, 7) is 0. The Bertz CT molecular complexity index is 1240. The van der Waals surface area contributed by atoms with Crippen LogP contribution in [0.25, 0.3) is 0 Å². The van der Waals surface area contributed by atoms with E-state index in [1.807, 2.05) is 36.4 Å². The van der Waals surface area contributed by atoms with Crippen molar-refractivity contribution in [1.82, 2.24) is 0 Å². The molecule has 0 amide bonds. The normalized spacial score (nSPS) is 12.1. The predicted molar refractivity (Wildman–Crippen MR) is 136 cm³/mol. The molecule has 4 aromatic rings. The molecule has 0 N–H and O–H groups in total. The Labute approximate surface area is 207 Å². The zero-order chi connectivity index (χ0) is 24.9. The predicted octanol–water partition coefficient (Wildman–Crippen LogP) is 6.31. The SMILES string of the molecule is COc1ccc(S(OS(=O)(=O)c2ccccc2)(c2ccc(OC)cc2)c2ccc(OC)cc2)cc1. The Morgan fingerprint density at radius 1 is 0.457 bits per heavy atom. The molecule has 0 fully saturated rings. The van der Waals surface area contributed by atoms with E-state index in [4.69, 9.17) is 17.8 Å². The molecular weight excluding hydrogens is 484 g/mol. The van der Waals surface area contributed by atoms with Crippen LogP contribution in [0, 0.1) is 0 Å². The molecule has 0 saturated carbocycles. The smallest absolute Gasteiger partial charge is 0.307 e. The van der Waals surface area contributed by atoms with Gasteiger partial charge in [-0.15, -0.1) is 0 Å². The van der Waals surface area contributed by atoms with Crippen LogP contribution in [0.2, 0.25) is 0 Å². The van der Waals surface area contributed by atoms with Crippen molar-refractivity contribution in [2.24, 2.45) is 0 Å². The molecule has 0 aliphatic heterocycles. The van der Waals surface area contributed by atoms with E-state index in [0.29, 0.717) is 31.9 Å². The van der Waals surface area contributed by atoms with Gasteiger partial charge in [0.1, 0.15) is 17.2 Å². The lowest BCUT2D eigenvalue weighted by Crippen LogP contribution is -2.14. The first kappa shape index (κ1) is 24.7. The molecule has 4 aromatic carbocycles. The van der Waals surface area contributed by atoms with Crippen LogP contribution in [0.3, 0.4) is 0 Å². The van der Waals surface area contributed by atoms with Gasteiger partial charge >= 0.3 is 10.1 Å². The highest BCUT2D eigenvalue weighted by atomic mass is 32.3. The summed E-state index contributed by atoms with van der Waals surface area (Å²) in [5.74, 6) is 1.95. The summed E-state index contributed by atoms with van der Waals surface area (Å²) in [6.07, 6.45) is 0. The second-order valence-corrected chi connectivity index (χ2v) is 11.9. The maximum atomic E-state index is 13.7. The van der Waals surface area contributed by atoms with Crippen LogP contribution in [0.5, 0.6) is 17.2 Å². The van der Waals surface area contributed by atoms with Crippen molar-refractivity contribution in [1.29, 1.82) is 0 Å². The van der Waals surface area contributed by atoms with E-state index in [1.54, 1.807) is 75.9 Å². The van der Waals surface area contributed by atoms with E-state index in [9.17, 15) is 8.42 Å². The summed E-state index contributed by atoms with van der Waals surface area (Å²) in [7, 11) is -2.19. The second kappa shape index (κ2) is 10.4. The Kier molecular flexibility index (Phi) is 7.35. The van der Waals surface area contributed by atoms with Gasteiger partial charge in [0.05, 0.1) is 26.2 Å². The Morgan fingerprint density at radius 2 is 0.800 bits per heavy atom. The molecular formula is C27H26O6S2. The third-order valence-corrected chi connectivity index (χ3v) is 10.6. The minimum atomic E-state index is -4.17. The summed E-state index contributed by atoms with van der Waals surface area (Å²) < 4.78 is 49.7. The van der Waals surface area contributed by atoms with Gasteiger partial charge in [0.2, 0.25) is 0 Å². The van der Waals surface area contributed by atoms with Crippen molar-refractivity contribution in [3.05, 3.63) is 103 Å². The fourth-order valence-electron chi connectivity index (χ4n) is 3.59. The van der Waals surface area contributed by atoms with Crippen molar-refractivity contribution in [3.63, 3.8) is 0 Å². The molecule has 0 atom stereocenters. The van der Waals surface area contributed by atoms with Crippen molar-refractivity contribution < 1.29 is 26.3 Å². The third-order valence-electron chi connectivity index (χ3n) is 5.40. The highest BCUT2D eigenvalue weighted by Gasteiger charge is 2.38. The number of benzene rings is 4. The molecule has 0 aliphatic carbocycles. The largest absolute Gasteiger partial charge is 0.497 e. The van der Waals surface area contributed by atoms with Gasteiger partial charge in [-0.3, -0.25) is 0 Å². The van der Waals surface area contributed by atoms with Crippen LogP contribution >= 0.6 is 10.3 Å². The monoisotopic (exact) mass is 510 g/mol. The van der Waals surface area contributed by atoms with Crippen LogP contribution < -0.4 is 14.2 Å². The second-order valence-electron chi connectivity index (χ2n) is 7.42. The summed E-state index contributed by atoms with van der Waals surface area (Å²) in [6, 6.07) is 29.9. The van der Waals surface area contributed by atoms with Crippen LogP contribution in [0.4, 0.5) is 0 Å². The van der Waals surface area contributed by atoms with Crippen molar-refractivity contribution in [3.8, 4) is 17.2 Å². The molecule has 35 heavy (non-hydrogen) atoms. The third kappa shape index (κ3) is 5.00. The summed E-state index contributed by atoms with van der Waals surface area (Å²) in [4.78, 5) is 2.14. The molecule has 8 heteroatoms. The van der Waals surface area contributed by atoms with E-state index in [1.165, 1.54) is 12.1 Å². The van der Waals surface area contributed by atoms with Crippen LogP contribution in [-0.2, 0) is 13.7 Å². The number of hydrogen-bond donors (Lipinski definition) is 0. The lowest BCUT2D eigenvalue weighted by Gasteiger charge is -2.39. The van der Waals surface area contributed by atoms with Gasteiger partial charge in [-0.1, -0.05) is 18.2 Å². The zero-order valence-electron chi connectivity index (χ0n) is 19.6. The molecule has 0 unspecified atom stereocenters. The molecule has 182 valence electrons. The molecule has 0 saturated heterocycles. The van der Waals surface area contributed by atoms with Gasteiger partial charge in [0.25, 0.3) is 0 Å². The molecule has 0 heterocycles. The van der Waals surface area contributed by atoms with Crippen LogP contribution in [0.1, 0.15) is 0 Å². The van der Waals surface area contributed by atoms with Crippen LogP contribution in [0.15, 0.2) is 123 Å². The summed E-state index contributed by atoms with van der Waals surface area (Å²) in [5, 5.41) is 0. The van der Waals surface area contributed by atoms with Gasteiger partial charge in [0, 0.05) is 14.7 Å². The standard InChI is InChI=1S/C27H26O6S2/c1-30-21-9-15-24(16-10-21)34(25-17-11-22(31-2)12-18-25,26-19-13-23(32-3)14-20-26)33-35(28,29)27-7-5-4-6-8-27/h4-20H,1-3H3. The van der Waals surface area contributed by atoms with Crippen molar-refractivity contribution >= 4 is 20.4 Å². The fourth-order valence-corrected chi connectivity index (χ4v) is 8.79. The number of hydrogen-bond acceptors (Lipinski definition) is 6. The maximum absolute atomic E-state index is 13.7. The van der Waals surface area contributed by atoms with Gasteiger partial charge < -0.3 is 14.2 Å². The lowest BCUT2D eigenvalue weighted by molar-refractivity contribution is 0.414. The average molecular weight is 511 g/mol. The lowest BCUT2D eigenvalue weighted by atomic mass is 10.3. The maximum Gasteiger partial charge on any atom is 0.307 e. The fraction of sp³-hybridized carbons (Fsp3) is 0.111. The van der Waals surface area contributed by atoms with Gasteiger partial charge in [-0.05, 0) is 95.2 Å². The summed E-state index contributed by atoms with van der Waals surface area (Å²) >= 11 is 0. The zero-order valence-corrected chi connectivity index (χ0v) is 21.2. The highest BCUT2D eigenvalue weighted by Crippen LogP contribution is 2.70.